The van der Waals surface area contributed by atoms with E-state index in [2.05, 4.69) is 10.3 Å². The van der Waals surface area contributed by atoms with Crippen LogP contribution in [0.25, 0.3) is 0 Å². The zero-order chi connectivity index (χ0) is 12.0. The third-order valence-electron chi connectivity index (χ3n) is 2.30. The summed E-state index contributed by atoms with van der Waals surface area (Å²) < 4.78 is 6.61. The number of hydrogen-bond donors (Lipinski definition) is 2. The van der Waals surface area contributed by atoms with E-state index < -0.39 is 0 Å². The highest BCUT2D eigenvalue weighted by molar-refractivity contribution is 5.77. The van der Waals surface area contributed by atoms with Crippen molar-refractivity contribution >= 4 is 5.91 Å². The molecule has 0 aromatic carbocycles. The summed E-state index contributed by atoms with van der Waals surface area (Å²) in [6.45, 7) is 3.83. The summed E-state index contributed by atoms with van der Waals surface area (Å²) in [4.78, 5) is 15.1. The van der Waals surface area contributed by atoms with Gasteiger partial charge in [0.05, 0.1) is 18.6 Å². The van der Waals surface area contributed by atoms with Crippen LogP contribution in [0.4, 0.5) is 0 Å². The summed E-state index contributed by atoms with van der Waals surface area (Å²) >= 11 is 0. The van der Waals surface area contributed by atoms with Crippen LogP contribution in [-0.2, 0) is 16.1 Å². The highest BCUT2D eigenvalue weighted by atomic mass is 16.5. The molecule has 0 aliphatic carbocycles. The van der Waals surface area contributed by atoms with E-state index in [0.717, 1.165) is 12.2 Å². The molecule has 1 heterocycles. The van der Waals surface area contributed by atoms with E-state index >= 15 is 0 Å². The van der Waals surface area contributed by atoms with Crippen LogP contribution in [0.1, 0.15) is 18.7 Å². The van der Waals surface area contributed by atoms with Crippen molar-refractivity contribution in [3.63, 3.8) is 0 Å². The van der Waals surface area contributed by atoms with E-state index in [9.17, 15) is 4.79 Å². The van der Waals surface area contributed by atoms with Gasteiger partial charge in [0.1, 0.15) is 6.04 Å². The standard InChI is InChI=1S/C10H18N4O2/c1-8(10(11)15)14-6-9(13-7-14)5-12-3-4-16-2/h6-8,12H,3-5H2,1-2H3,(H2,11,15). The van der Waals surface area contributed by atoms with Gasteiger partial charge in [-0.05, 0) is 6.92 Å². The lowest BCUT2D eigenvalue weighted by Gasteiger charge is -2.07. The first-order valence-corrected chi connectivity index (χ1v) is 5.16. The monoisotopic (exact) mass is 226 g/mol. The first-order chi connectivity index (χ1) is 7.65. The van der Waals surface area contributed by atoms with Crippen molar-refractivity contribution in [2.45, 2.75) is 19.5 Å². The molecule has 1 amide bonds. The van der Waals surface area contributed by atoms with E-state index in [-0.39, 0.29) is 11.9 Å². The fraction of sp³-hybridized carbons (Fsp3) is 0.600. The van der Waals surface area contributed by atoms with Crippen molar-refractivity contribution in [3.8, 4) is 0 Å². The Morgan fingerprint density at radius 3 is 3.12 bits per heavy atom. The molecule has 1 aromatic rings. The zero-order valence-corrected chi connectivity index (χ0v) is 9.64. The van der Waals surface area contributed by atoms with Crippen molar-refractivity contribution < 1.29 is 9.53 Å². The smallest absolute Gasteiger partial charge is 0.240 e. The number of nitrogens with zero attached hydrogens (tertiary/aromatic N) is 2. The largest absolute Gasteiger partial charge is 0.383 e. The predicted octanol–water partition coefficient (Wildman–Crippen LogP) is -0.335. The summed E-state index contributed by atoms with van der Waals surface area (Å²) in [5, 5.41) is 3.17. The SMILES string of the molecule is COCCNCc1cn(C(C)C(N)=O)cn1. The van der Waals surface area contributed by atoms with Gasteiger partial charge in [-0.2, -0.15) is 0 Å². The van der Waals surface area contributed by atoms with Crippen LogP contribution in [0.2, 0.25) is 0 Å². The number of carbonyl (C=O) groups excluding carboxylic acids is 1. The number of hydrogen-bond acceptors (Lipinski definition) is 4. The molecule has 16 heavy (non-hydrogen) atoms. The van der Waals surface area contributed by atoms with Gasteiger partial charge in [-0.3, -0.25) is 4.79 Å². The molecule has 0 fully saturated rings. The van der Waals surface area contributed by atoms with Crippen molar-refractivity contribution in [3.05, 3.63) is 18.2 Å². The second kappa shape index (κ2) is 6.24. The van der Waals surface area contributed by atoms with Gasteiger partial charge >= 0.3 is 0 Å². The van der Waals surface area contributed by atoms with Crippen molar-refractivity contribution in [1.29, 1.82) is 0 Å². The topological polar surface area (TPSA) is 82.2 Å². The number of carbonyl (C=O) groups is 1. The second-order valence-corrected chi connectivity index (χ2v) is 3.56. The molecule has 6 nitrogen and oxygen atoms in total. The molecule has 0 radical (unpaired) electrons. The third-order valence-corrected chi connectivity index (χ3v) is 2.30. The van der Waals surface area contributed by atoms with Crippen LogP contribution >= 0.6 is 0 Å². The summed E-state index contributed by atoms with van der Waals surface area (Å²) in [7, 11) is 1.66. The Morgan fingerprint density at radius 2 is 2.50 bits per heavy atom. The van der Waals surface area contributed by atoms with Crippen LogP contribution in [-0.4, -0.2) is 35.7 Å². The minimum absolute atomic E-state index is 0.361. The lowest BCUT2D eigenvalue weighted by atomic mass is 10.3. The number of aromatic nitrogens is 2. The minimum Gasteiger partial charge on any atom is -0.383 e. The lowest BCUT2D eigenvalue weighted by Crippen LogP contribution is -2.23. The molecule has 0 saturated heterocycles. The number of methoxy groups -OCH3 is 1. The van der Waals surface area contributed by atoms with Gasteiger partial charge in [-0.25, -0.2) is 4.98 Å². The summed E-state index contributed by atoms with van der Waals surface area (Å²) in [6.07, 6.45) is 3.43. The normalized spacial score (nSPS) is 12.6. The average molecular weight is 226 g/mol. The Hall–Kier alpha value is -1.40. The number of imidazole rings is 1. The van der Waals surface area contributed by atoms with Gasteiger partial charge in [-0.1, -0.05) is 0 Å². The molecule has 0 bridgehead atoms. The van der Waals surface area contributed by atoms with Crippen LogP contribution < -0.4 is 11.1 Å². The quantitative estimate of drug-likeness (QED) is 0.623. The predicted molar refractivity (Wildman–Crippen MR) is 59.7 cm³/mol. The summed E-state index contributed by atoms with van der Waals surface area (Å²) in [5.74, 6) is -0.365. The molecule has 0 spiro atoms. The second-order valence-electron chi connectivity index (χ2n) is 3.56. The van der Waals surface area contributed by atoms with Gasteiger partial charge in [0.2, 0.25) is 5.91 Å². The molecule has 1 atom stereocenters. The Morgan fingerprint density at radius 1 is 1.75 bits per heavy atom. The molecule has 1 unspecified atom stereocenters. The molecule has 1 rings (SSSR count). The first-order valence-electron chi connectivity index (χ1n) is 5.16. The molecule has 0 aliphatic rings. The number of rotatable bonds is 7. The van der Waals surface area contributed by atoms with Gasteiger partial charge < -0.3 is 20.4 Å². The maximum atomic E-state index is 10.9. The number of nitrogens with two attached hydrogens (primary N) is 1. The number of amides is 1. The van der Waals surface area contributed by atoms with E-state index in [1.165, 1.54) is 0 Å². The zero-order valence-electron chi connectivity index (χ0n) is 9.64. The summed E-state index contributed by atoms with van der Waals surface area (Å²) in [5.41, 5.74) is 6.08. The van der Waals surface area contributed by atoms with Gasteiger partial charge in [-0.15, -0.1) is 0 Å². The Bertz CT molecular complexity index is 337. The first kappa shape index (κ1) is 12.7. The number of ether oxygens (including phenoxy) is 1. The third kappa shape index (κ3) is 3.63. The molecule has 0 saturated carbocycles. The Labute approximate surface area is 94.8 Å². The van der Waals surface area contributed by atoms with Crippen molar-refractivity contribution in [2.24, 2.45) is 5.73 Å². The van der Waals surface area contributed by atoms with Crippen molar-refractivity contribution in [2.75, 3.05) is 20.3 Å². The van der Waals surface area contributed by atoms with Crippen LogP contribution in [0.5, 0.6) is 0 Å². The summed E-state index contributed by atoms with van der Waals surface area (Å²) in [6, 6.07) is -0.361. The van der Waals surface area contributed by atoms with E-state index in [0.29, 0.717) is 13.2 Å². The van der Waals surface area contributed by atoms with Crippen molar-refractivity contribution in [1.82, 2.24) is 14.9 Å². The van der Waals surface area contributed by atoms with Gasteiger partial charge in [0.15, 0.2) is 0 Å². The molecule has 3 N–H and O–H groups in total. The van der Waals surface area contributed by atoms with E-state index in [1.807, 2.05) is 6.20 Å². The fourth-order valence-electron chi connectivity index (χ4n) is 1.22. The maximum absolute atomic E-state index is 10.9. The highest BCUT2D eigenvalue weighted by Gasteiger charge is 2.10. The fourth-order valence-corrected chi connectivity index (χ4v) is 1.22. The molecule has 90 valence electrons. The average Bonchev–Trinajstić information content (AvgIpc) is 2.72. The van der Waals surface area contributed by atoms with E-state index in [4.69, 9.17) is 10.5 Å². The van der Waals surface area contributed by atoms with Crippen LogP contribution in [0.3, 0.4) is 0 Å². The molecular formula is C10H18N4O2. The molecule has 0 aliphatic heterocycles. The Kier molecular flexibility index (Phi) is 4.94. The number of nitrogens with one attached hydrogen (secondary N) is 1. The van der Waals surface area contributed by atoms with Crippen LogP contribution in [0, 0.1) is 0 Å². The van der Waals surface area contributed by atoms with E-state index in [1.54, 1.807) is 24.9 Å². The van der Waals surface area contributed by atoms with Gasteiger partial charge in [0, 0.05) is 26.4 Å². The number of primary amides is 1. The maximum Gasteiger partial charge on any atom is 0.240 e. The van der Waals surface area contributed by atoms with Gasteiger partial charge in [0.25, 0.3) is 0 Å². The Balaban J connectivity index is 2.42. The molecular weight excluding hydrogens is 208 g/mol. The minimum atomic E-state index is -0.365. The highest BCUT2D eigenvalue weighted by Crippen LogP contribution is 2.05. The lowest BCUT2D eigenvalue weighted by molar-refractivity contribution is -0.120. The molecule has 1 aromatic heterocycles. The van der Waals surface area contributed by atoms with Crippen LogP contribution in [0.15, 0.2) is 12.5 Å². The molecule has 6 heteroatoms.